The molecule has 7 heteroatoms. The molecule has 0 aliphatic carbocycles. The van der Waals surface area contributed by atoms with Crippen LogP contribution in [0.1, 0.15) is 56.7 Å². The second kappa shape index (κ2) is 8.83. The second-order valence-corrected chi connectivity index (χ2v) is 10.5. The molecule has 0 spiro atoms. The molecule has 0 aliphatic heterocycles. The van der Waals surface area contributed by atoms with Crippen molar-refractivity contribution in [2.75, 3.05) is 6.61 Å². The standard InChI is InChI=1S/C20H26AsBrNO4/c1-7-26-18(24)16-10-14-8-9-15(22)13(3)17(14)23(16)12(2)11-21-19(25)27-20(4,5)6/h8-10,12H,7,11H2,1-6H3/t12-/m1/s1. The number of aryl methyl sites for hydroxylation is 1. The van der Waals surface area contributed by atoms with Crippen LogP contribution < -0.4 is 0 Å². The van der Waals surface area contributed by atoms with Crippen molar-refractivity contribution in [3.63, 3.8) is 0 Å². The third-order valence-electron chi connectivity index (χ3n) is 3.99. The van der Waals surface area contributed by atoms with E-state index in [1.54, 1.807) is 6.92 Å². The van der Waals surface area contributed by atoms with Crippen LogP contribution in [0, 0.1) is 6.92 Å². The molecule has 0 saturated heterocycles. The van der Waals surface area contributed by atoms with E-state index >= 15 is 0 Å². The van der Waals surface area contributed by atoms with Gasteiger partial charge in [0.2, 0.25) is 0 Å². The Labute approximate surface area is 175 Å². The van der Waals surface area contributed by atoms with E-state index in [4.69, 9.17) is 9.47 Å². The van der Waals surface area contributed by atoms with Gasteiger partial charge in [0.15, 0.2) is 0 Å². The van der Waals surface area contributed by atoms with Crippen LogP contribution >= 0.6 is 15.9 Å². The Bertz CT molecular complexity index is 854. The quantitative estimate of drug-likeness (QED) is 0.389. The van der Waals surface area contributed by atoms with Crippen molar-refractivity contribution in [3.8, 4) is 0 Å². The van der Waals surface area contributed by atoms with Crippen LogP contribution in [-0.2, 0) is 9.47 Å². The Morgan fingerprint density at radius 2 is 1.96 bits per heavy atom. The number of carbonyl (C=O) groups excluding carboxylic acids is 2. The SMILES string of the molecule is CCOC(=O)c1cc2ccc(Br)c(C)c2n1[C@H](C)C[As]C(=O)OC(C)(C)C. The van der Waals surface area contributed by atoms with E-state index in [-0.39, 0.29) is 16.8 Å². The van der Waals surface area contributed by atoms with E-state index in [1.165, 1.54) is 0 Å². The van der Waals surface area contributed by atoms with Crippen molar-refractivity contribution in [2.24, 2.45) is 0 Å². The number of benzene rings is 1. The first-order valence-electron chi connectivity index (χ1n) is 8.92. The molecule has 1 atom stereocenters. The molecule has 0 N–H and O–H groups in total. The van der Waals surface area contributed by atoms with Crippen LogP contribution in [0.25, 0.3) is 10.9 Å². The van der Waals surface area contributed by atoms with E-state index in [0.29, 0.717) is 17.5 Å². The van der Waals surface area contributed by atoms with Gasteiger partial charge < -0.3 is 0 Å². The zero-order valence-electron chi connectivity index (χ0n) is 16.6. The predicted molar refractivity (Wildman–Crippen MR) is 112 cm³/mol. The van der Waals surface area contributed by atoms with E-state index < -0.39 is 21.4 Å². The van der Waals surface area contributed by atoms with Crippen molar-refractivity contribution in [2.45, 2.75) is 58.4 Å². The fourth-order valence-electron chi connectivity index (χ4n) is 2.87. The first kappa shape index (κ1) is 22.0. The van der Waals surface area contributed by atoms with Gasteiger partial charge in [-0.05, 0) is 0 Å². The van der Waals surface area contributed by atoms with Gasteiger partial charge in [0.05, 0.1) is 0 Å². The van der Waals surface area contributed by atoms with E-state index in [0.717, 1.165) is 20.9 Å². The van der Waals surface area contributed by atoms with Crippen LogP contribution in [0.15, 0.2) is 22.7 Å². The number of fused-ring (bicyclic) bond motifs is 1. The molecule has 0 bridgehead atoms. The Balaban J connectivity index is 2.39. The van der Waals surface area contributed by atoms with E-state index in [2.05, 4.69) is 15.9 Å². The molecular weight excluding hydrogens is 473 g/mol. The van der Waals surface area contributed by atoms with Crippen LogP contribution in [0.5, 0.6) is 0 Å². The maximum atomic E-state index is 12.5. The van der Waals surface area contributed by atoms with Gasteiger partial charge in [-0.1, -0.05) is 0 Å². The third-order valence-corrected chi connectivity index (χ3v) is 7.08. The summed E-state index contributed by atoms with van der Waals surface area (Å²) in [5.74, 6) is -0.343. The van der Waals surface area contributed by atoms with Crippen molar-refractivity contribution in [1.82, 2.24) is 4.57 Å². The van der Waals surface area contributed by atoms with Gasteiger partial charge >= 0.3 is 176 Å². The number of aromatic nitrogens is 1. The third kappa shape index (κ3) is 5.38. The molecule has 1 radical (unpaired) electrons. The summed E-state index contributed by atoms with van der Waals surface area (Å²) in [6.07, 6.45) is 0. The van der Waals surface area contributed by atoms with Crippen molar-refractivity contribution in [1.29, 1.82) is 0 Å². The number of hydrogen-bond acceptors (Lipinski definition) is 4. The molecule has 0 aliphatic rings. The summed E-state index contributed by atoms with van der Waals surface area (Å²) in [6, 6.07) is 5.81. The molecule has 1 heterocycles. The van der Waals surface area contributed by atoms with Crippen molar-refractivity contribution in [3.05, 3.63) is 33.9 Å². The van der Waals surface area contributed by atoms with Crippen LogP contribution in [0.4, 0.5) is 4.79 Å². The normalized spacial score (nSPS) is 13.3. The molecule has 27 heavy (non-hydrogen) atoms. The van der Waals surface area contributed by atoms with Crippen molar-refractivity contribution < 1.29 is 19.1 Å². The average molecular weight is 499 g/mol. The van der Waals surface area contributed by atoms with Gasteiger partial charge in [0.25, 0.3) is 0 Å². The zero-order chi connectivity index (χ0) is 20.4. The van der Waals surface area contributed by atoms with Crippen LogP contribution in [0.2, 0.25) is 5.21 Å². The first-order chi connectivity index (χ1) is 12.5. The molecule has 0 saturated carbocycles. The Hall–Kier alpha value is -1.26. The fourth-order valence-corrected chi connectivity index (χ4v) is 5.11. The predicted octanol–water partition coefficient (Wildman–Crippen LogP) is 5.51. The van der Waals surface area contributed by atoms with Gasteiger partial charge in [0.1, 0.15) is 0 Å². The number of halogens is 1. The number of nitrogens with zero attached hydrogens (tertiary/aromatic N) is 1. The first-order valence-corrected chi connectivity index (χ1v) is 12.0. The Morgan fingerprint density at radius 1 is 1.30 bits per heavy atom. The second-order valence-electron chi connectivity index (χ2n) is 7.40. The molecule has 5 nitrogen and oxygen atoms in total. The Morgan fingerprint density at radius 3 is 2.56 bits per heavy atom. The molecule has 147 valence electrons. The zero-order valence-corrected chi connectivity index (χ0v) is 20.1. The molecule has 1 aromatic carbocycles. The van der Waals surface area contributed by atoms with Gasteiger partial charge in [-0.25, -0.2) is 0 Å². The number of rotatable bonds is 6. The summed E-state index contributed by atoms with van der Waals surface area (Å²) in [7, 11) is 0. The van der Waals surface area contributed by atoms with Crippen LogP contribution in [-0.4, -0.2) is 43.3 Å². The van der Waals surface area contributed by atoms with Crippen molar-refractivity contribution >= 4 is 53.3 Å². The average Bonchev–Trinajstić information content (AvgIpc) is 2.95. The monoisotopic (exact) mass is 498 g/mol. The molecule has 0 unspecified atom stereocenters. The topological polar surface area (TPSA) is 57.5 Å². The number of esters is 1. The summed E-state index contributed by atoms with van der Waals surface area (Å²) in [5, 5.41) is 1.65. The van der Waals surface area contributed by atoms with Gasteiger partial charge in [-0.15, -0.1) is 0 Å². The maximum absolute atomic E-state index is 12.5. The number of ether oxygens (including phenoxy) is 2. The molecule has 2 aromatic rings. The molecule has 2 rings (SSSR count). The molecule has 0 fully saturated rings. The summed E-state index contributed by atoms with van der Waals surface area (Å²) in [6.45, 7) is 11.8. The fraction of sp³-hybridized carbons (Fsp3) is 0.500. The summed E-state index contributed by atoms with van der Waals surface area (Å²) in [5.41, 5.74) is 2.09. The molecule has 0 amide bonds. The molecular formula is C20H26AsBrNO4. The minimum absolute atomic E-state index is 0.0255. The number of hydrogen-bond donors (Lipinski definition) is 0. The summed E-state index contributed by atoms with van der Waals surface area (Å²) >= 11 is 2.92. The Kier molecular flexibility index (Phi) is 7.20. The number of carbonyl (C=O) groups is 2. The van der Waals surface area contributed by atoms with E-state index in [1.807, 2.05) is 57.4 Å². The van der Waals surface area contributed by atoms with Gasteiger partial charge in [0, 0.05) is 0 Å². The van der Waals surface area contributed by atoms with Gasteiger partial charge in [-0.3, -0.25) is 0 Å². The van der Waals surface area contributed by atoms with Gasteiger partial charge in [-0.2, -0.15) is 0 Å². The van der Waals surface area contributed by atoms with Crippen LogP contribution in [0.3, 0.4) is 0 Å². The molecule has 1 aromatic heterocycles. The summed E-state index contributed by atoms with van der Waals surface area (Å²) in [4.78, 5) is 24.7. The minimum atomic E-state index is -0.650. The van der Waals surface area contributed by atoms with E-state index in [9.17, 15) is 9.59 Å². The summed E-state index contributed by atoms with van der Waals surface area (Å²) < 4.78 is 13.6.